The summed E-state index contributed by atoms with van der Waals surface area (Å²) < 4.78 is 37.2. The molecule has 0 aliphatic carbocycles. The summed E-state index contributed by atoms with van der Waals surface area (Å²) >= 11 is 0. The molecule has 8 nitrogen and oxygen atoms in total. The molecule has 1 aromatic rings. The quantitative estimate of drug-likeness (QED) is 0.270. The molecular weight excluding hydrogens is 286 g/mol. The van der Waals surface area contributed by atoms with E-state index < -0.39 is 10.4 Å². The van der Waals surface area contributed by atoms with Crippen molar-refractivity contribution in [2.75, 3.05) is 13.2 Å². The van der Waals surface area contributed by atoms with Crippen molar-refractivity contribution in [3.05, 3.63) is 29.3 Å². The van der Waals surface area contributed by atoms with Crippen molar-refractivity contribution in [3.63, 3.8) is 0 Å². The van der Waals surface area contributed by atoms with Crippen molar-refractivity contribution < 1.29 is 22.3 Å². The van der Waals surface area contributed by atoms with Gasteiger partial charge < -0.3 is 16.2 Å². The summed E-state index contributed by atoms with van der Waals surface area (Å²) in [5, 5.41) is 0. The number of para-hydroxylation sites is 1. The molecule has 0 aromatic heterocycles. The highest BCUT2D eigenvalue weighted by Gasteiger charge is 2.01. The number of nitrogens with two attached hydrogens (primary N) is 2. The number of hydrogen-bond donors (Lipinski definition) is 4. The highest BCUT2D eigenvalue weighted by atomic mass is 32.3. The zero-order valence-corrected chi connectivity index (χ0v) is 12.1. The minimum Gasteiger partial charge on any atom is -0.491 e. The molecule has 20 heavy (non-hydrogen) atoms. The summed E-state index contributed by atoms with van der Waals surface area (Å²) in [6, 6.07) is 6.04. The first-order valence-corrected chi connectivity index (χ1v) is 6.95. The zero-order valence-electron chi connectivity index (χ0n) is 11.3. The fourth-order valence-electron chi connectivity index (χ4n) is 1.35. The summed E-state index contributed by atoms with van der Waals surface area (Å²) in [4.78, 5) is 3.85. The molecule has 0 aliphatic rings. The van der Waals surface area contributed by atoms with Crippen LogP contribution in [0.3, 0.4) is 0 Å². The van der Waals surface area contributed by atoms with E-state index >= 15 is 0 Å². The number of hydrogen-bond acceptors (Lipinski definition) is 4. The number of nitrogens with zero attached hydrogens (tertiary/aromatic N) is 1. The minimum absolute atomic E-state index is 0.0973. The second kappa shape index (κ2) is 8.35. The lowest BCUT2D eigenvalue weighted by molar-refractivity contribution is 0.324. The Balaban J connectivity index is 0.000000621. The predicted molar refractivity (Wildman–Crippen MR) is 76.3 cm³/mol. The van der Waals surface area contributed by atoms with Crippen molar-refractivity contribution in [2.45, 2.75) is 13.8 Å². The second-order valence-electron chi connectivity index (χ2n) is 3.82. The van der Waals surface area contributed by atoms with Crippen LogP contribution in [-0.4, -0.2) is 36.6 Å². The number of ether oxygens (including phenoxy) is 1. The van der Waals surface area contributed by atoms with Crippen LogP contribution in [0.25, 0.3) is 0 Å². The van der Waals surface area contributed by atoms with E-state index in [0.717, 1.165) is 16.9 Å². The molecule has 0 saturated heterocycles. The van der Waals surface area contributed by atoms with Crippen molar-refractivity contribution in [3.8, 4) is 5.75 Å². The molecular formula is C11H19N3O5S. The fraction of sp³-hybridized carbons (Fsp3) is 0.364. The predicted octanol–water partition coefficient (Wildman–Crippen LogP) is 0.303. The monoisotopic (exact) mass is 305 g/mol. The van der Waals surface area contributed by atoms with Gasteiger partial charge in [-0.15, -0.1) is 0 Å². The van der Waals surface area contributed by atoms with E-state index in [0.29, 0.717) is 13.2 Å². The first kappa shape index (κ1) is 18.2. The third kappa shape index (κ3) is 10.1. The molecule has 0 bridgehead atoms. The number of guanidine groups is 1. The molecule has 0 heterocycles. The molecule has 1 rings (SSSR count). The third-order valence-corrected chi connectivity index (χ3v) is 2.04. The van der Waals surface area contributed by atoms with E-state index in [4.69, 9.17) is 33.7 Å². The van der Waals surface area contributed by atoms with Gasteiger partial charge in [0.05, 0.1) is 6.54 Å². The lowest BCUT2D eigenvalue weighted by atomic mass is 10.1. The van der Waals surface area contributed by atoms with Gasteiger partial charge in [-0.3, -0.25) is 14.1 Å². The largest absolute Gasteiger partial charge is 0.491 e. The number of benzene rings is 1. The maximum Gasteiger partial charge on any atom is 0.394 e. The van der Waals surface area contributed by atoms with Gasteiger partial charge in [0.1, 0.15) is 12.4 Å². The van der Waals surface area contributed by atoms with E-state index in [9.17, 15) is 0 Å². The molecule has 0 aliphatic heterocycles. The lowest BCUT2D eigenvalue weighted by Crippen LogP contribution is -2.23. The van der Waals surface area contributed by atoms with Crippen LogP contribution in [0.1, 0.15) is 11.1 Å². The molecule has 9 heteroatoms. The van der Waals surface area contributed by atoms with Crippen molar-refractivity contribution in [1.82, 2.24) is 0 Å². The Bertz CT molecular complexity index is 525. The second-order valence-corrected chi connectivity index (χ2v) is 4.72. The van der Waals surface area contributed by atoms with Crippen LogP contribution in [0.2, 0.25) is 0 Å². The molecule has 0 radical (unpaired) electrons. The first-order valence-electron chi connectivity index (χ1n) is 5.55. The highest BCUT2D eigenvalue weighted by Crippen LogP contribution is 2.21. The van der Waals surface area contributed by atoms with Crippen LogP contribution in [0.5, 0.6) is 5.75 Å². The highest BCUT2D eigenvalue weighted by molar-refractivity contribution is 7.79. The van der Waals surface area contributed by atoms with Crippen molar-refractivity contribution in [2.24, 2.45) is 16.5 Å². The Morgan fingerprint density at radius 1 is 1.25 bits per heavy atom. The topological polar surface area (TPSA) is 148 Å². The minimum atomic E-state index is -4.67. The van der Waals surface area contributed by atoms with Gasteiger partial charge in [0.15, 0.2) is 5.96 Å². The van der Waals surface area contributed by atoms with Crippen LogP contribution in [0.4, 0.5) is 0 Å². The van der Waals surface area contributed by atoms with Gasteiger partial charge in [-0.2, -0.15) is 8.42 Å². The molecule has 6 N–H and O–H groups in total. The van der Waals surface area contributed by atoms with Gasteiger partial charge in [0.25, 0.3) is 0 Å². The average molecular weight is 305 g/mol. The Labute approximate surface area is 118 Å². The van der Waals surface area contributed by atoms with Crippen LogP contribution in [0.15, 0.2) is 23.2 Å². The van der Waals surface area contributed by atoms with E-state index in [2.05, 4.69) is 4.99 Å². The summed E-state index contributed by atoms with van der Waals surface area (Å²) in [5.74, 6) is 1.02. The van der Waals surface area contributed by atoms with Crippen LogP contribution < -0.4 is 16.2 Å². The molecule has 0 spiro atoms. The molecule has 0 saturated carbocycles. The summed E-state index contributed by atoms with van der Waals surface area (Å²) in [6.07, 6.45) is 0. The van der Waals surface area contributed by atoms with Crippen LogP contribution >= 0.6 is 0 Å². The van der Waals surface area contributed by atoms with Gasteiger partial charge in [0, 0.05) is 0 Å². The summed E-state index contributed by atoms with van der Waals surface area (Å²) in [6.45, 7) is 5.01. The first-order chi connectivity index (χ1) is 9.11. The van der Waals surface area contributed by atoms with E-state index in [-0.39, 0.29) is 5.96 Å². The molecule has 0 fully saturated rings. The molecule has 114 valence electrons. The van der Waals surface area contributed by atoms with Gasteiger partial charge in [-0.1, -0.05) is 18.2 Å². The lowest BCUT2D eigenvalue weighted by Gasteiger charge is -2.10. The number of rotatable bonds is 4. The Morgan fingerprint density at radius 3 is 2.10 bits per heavy atom. The van der Waals surface area contributed by atoms with Crippen LogP contribution in [0, 0.1) is 13.8 Å². The van der Waals surface area contributed by atoms with Gasteiger partial charge in [-0.05, 0) is 25.0 Å². The van der Waals surface area contributed by atoms with Gasteiger partial charge >= 0.3 is 10.4 Å². The van der Waals surface area contributed by atoms with Crippen molar-refractivity contribution in [1.29, 1.82) is 0 Å². The normalized spacial score (nSPS) is 10.2. The summed E-state index contributed by atoms with van der Waals surface area (Å²) in [7, 11) is -4.67. The standard InChI is InChI=1S/C11H17N3O.H2O4S/c1-8-4-3-5-9(2)10(8)15-7-6-14-11(12)13;1-5(2,3)4/h3-5H,6-7H2,1-2H3,(H4,12,13,14);(H2,1,2,3,4). The van der Waals surface area contributed by atoms with Gasteiger partial charge in [0.2, 0.25) is 0 Å². The Morgan fingerprint density at radius 2 is 1.70 bits per heavy atom. The average Bonchev–Trinajstić information content (AvgIpc) is 2.24. The number of aryl methyl sites for hydroxylation is 2. The SMILES string of the molecule is Cc1cccc(C)c1OCCN=C(N)N.O=S(=O)(O)O. The number of aliphatic imine (C=N–C) groups is 1. The Kier molecular flexibility index (Phi) is 7.59. The van der Waals surface area contributed by atoms with Crippen LogP contribution in [-0.2, 0) is 10.4 Å². The van der Waals surface area contributed by atoms with E-state index in [1.807, 2.05) is 32.0 Å². The molecule has 0 atom stereocenters. The molecule has 0 amide bonds. The smallest absolute Gasteiger partial charge is 0.394 e. The Hall–Kier alpha value is -1.84. The maximum atomic E-state index is 8.74. The summed E-state index contributed by atoms with van der Waals surface area (Å²) in [5.41, 5.74) is 12.7. The van der Waals surface area contributed by atoms with Gasteiger partial charge in [-0.25, -0.2) is 0 Å². The van der Waals surface area contributed by atoms with E-state index in [1.165, 1.54) is 0 Å². The zero-order chi connectivity index (χ0) is 15.8. The third-order valence-electron chi connectivity index (χ3n) is 2.04. The fourth-order valence-corrected chi connectivity index (χ4v) is 1.35. The van der Waals surface area contributed by atoms with Crippen molar-refractivity contribution >= 4 is 16.4 Å². The van der Waals surface area contributed by atoms with E-state index in [1.54, 1.807) is 0 Å². The molecule has 0 unspecified atom stereocenters. The molecule has 1 aromatic carbocycles. The maximum absolute atomic E-state index is 8.74.